The quantitative estimate of drug-likeness (QED) is 0.349. The summed E-state index contributed by atoms with van der Waals surface area (Å²) in [5.41, 5.74) is 5.33. The molecule has 0 aromatic heterocycles. The minimum Gasteiger partial charge on any atom is -0.481 e. The van der Waals surface area contributed by atoms with Crippen LogP contribution >= 0.6 is 0 Å². The Kier molecular flexibility index (Phi) is 4.47. The van der Waals surface area contributed by atoms with E-state index in [1.165, 1.54) is 0 Å². The van der Waals surface area contributed by atoms with Crippen molar-refractivity contribution in [1.29, 1.82) is 0 Å². The van der Waals surface area contributed by atoms with Crippen LogP contribution in [0.4, 0.5) is 0 Å². The van der Waals surface area contributed by atoms with Gasteiger partial charge >= 0.3 is 5.97 Å². The molecule has 0 aliphatic heterocycles. The Balaban J connectivity index is 4.48. The molecule has 1 unspecified atom stereocenters. The van der Waals surface area contributed by atoms with E-state index in [2.05, 4.69) is 0 Å². The van der Waals surface area contributed by atoms with Gasteiger partial charge < -0.3 is 26.2 Å². The lowest BCUT2D eigenvalue weighted by Crippen LogP contribution is -2.57. The lowest BCUT2D eigenvalue weighted by Gasteiger charge is -2.32. The average molecular weight is 207 g/mol. The zero-order chi connectivity index (χ0) is 11.5. The monoisotopic (exact) mass is 207 g/mol. The number of aliphatic hydroxyl groups is 3. The second kappa shape index (κ2) is 4.70. The van der Waals surface area contributed by atoms with Gasteiger partial charge in [0.2, 0.25) is 0 Å². The van der Waals surface area contributed by atoms with Gasteiger partial charge in [0.25, 0.3) is 0 Å². The first kappa shape index (κ1) is 13.3. The van der Waals surface area contributed by atoms with Crippen LogP contribution in [0, 0.1) is 5.92 Å². The van der Waals surface area contributed by atoms with Gasteiger partial charge in [-0.25, -0.2) is 0 Å². The zero-order valence-electron chi connectivity index (χ0n) is 8.21. The second-order valence-corrected chi connectivity index (χ2v) is 3.71. The Morgan fingerprint density at radius 1 is 1.43 bits per heavy atom. The first-order valence-corrected chi connectivity index (χ1v) is 4.28. The van der Waals surface area contributed by atoms with E-state index in [0.717, 1.165) is 0 Å². The fourth-order valence-corrected chi connectivity index (χ4v) is 1.03. The van der Waals surface area contributed by atoms with Crippen LogP contribution in [0.15, 0.2) is 0 Å². The molecule has 0 aromatic carbocycles. The normalized spacial score (nSPS) is 16.8. The van der Waals surface area contributed by atoms with E-state index in [9.17, 15) is 20.1 Å². The lowest BCUT2D eigenvalue weighted by molar-refractivity contribution is -0.207. The van der Waals surface area contributed by atoms with Gasteiger partial charge in [-0.15, -0.1) is 0 Å². The number of nitrogens with two attached hydrogens (primary N) is 1. The second-order valence-electron chi connectivity index (χ2n) is 3.71. The van der Waals surface area contributed by atoms with Crippen molar-refractivity contribution in [2.75, 3.05) is 0 Å². The Morgan fingerprint density at radius 3 is 2.14 bits per heavy atom. The Bertz CT molecular complexity index is 204. The third-order valence-corrected chi connectivity index (χ3v) is 2.00. The van der Waals surface area contributed by atoms with Gasteiger partial charge in [0.1, 0.15) is 6.42 Å². The summed E-state index contributed by atoms with van der Waals surface area (Å²) in [6.45, 7) is 3.28. The summed E-state index contributed by atoms with van der Waals surface area (Å²) >= 11 is 0. The molecule has 0 bridgehead atoms. The van der Waals surface area contributed by atoms with Crippen LogP contribution < -0.4 is 5.73 Å². The number of carbonyl (C=O) groups is 1. The van der Waals surface area contributed by atoms with Gasteiger partial charge in [-0.2, -0.15) is 0 Å². The van der Waals surface area contributed by atoms with Gasteiger partial charge in [0.15, 0.2) is 5.79 Å². The molecular weight excluding hydrogens is 190 g/mol. The molecule has 6 heteroatoms. The van der Waals surface area contributed by atoms with E-state index < -0.39 is 30.3 Å². The summed E-state index contributed by atoms with van der Waals surface area (Å²) in [5.74, 6) is -4.26. The first-order chi connectivity index (χ1) is 6.18. The molecule has 0 spiro atoms. The van der Waals surface area contributed by atoms with Crippen LogP contribution in [0.25, 0.3) is 0 Å². The molecule has 0 radical (unpaired) electrons. The van der Waals surface area contributed by atoms with Crippen molar-refractivity contribution in [2.24, 2.45) is 11.7 Å². The SMILES string of the molecule is CC(C)C(O)[C@H](N)C(O)(O)CC(=O)O. The molecule has 0 heterocycles. The van der Waals surface area contributed by atoms with Crippen molar-refractivity contribution in [3.05, 3.63) is 0 Å². The van der Waals surface area contributed by atoms with Crippen molar-refractivity contribution in [2.45, 2.75) is 38.2 Å². The van der Waals surface area contributed by atoms with E-state index in [0.29, 0.717) is 0 Å². The number of aliphatic carboxylic acids is 1. The van der Waals surface area contributed by atoms with Crippen LogP contribution in [-0.4, -0.2) is 44.3 Å². The molecule has 6 nitrogen and oxygen atoms in total. The van der Waals surface area contributed by atoms with Crippen molar-refractivity contribution < 1.29 is 25.2 Å². The maximum atomic E-state index is 10.3. The number of hydrogen-bond donors (Lipinski definition) is 5. The summed E-state index contributed by atoms with van der Waals surface area (Å²) in [5, 5.41) is 36.3. The number of carboxylic acids is 1. The fourth-order valence-electron chi connectivity index (χ4n) is 1.03. The Hall–Kier alpha value is -0.690. The van der Waals surface area contributed by atoms with Gasteiger partial charge in [-0.1, -0.05) is 13.8 Å². The van der Waals surface area contributed by atoms with E-state index in [1.54, 1.807) is 13.8 Å². The third kappa shape index (κ3) is 3.59. The number of aliphatic hydroxyl groups excluding tert-OH is 1. The molecule has 14 heavy (non-hydrogen) atoms. The molecule has 0 aliphatic carbocycles. The largest absolute Gasteiger partial charge is 0.481 e. The fraction of sp³-hybridized carbons (Fsp3) is 0.875. The maximum absolute atomic E-state index is 10.3. The molecule has 0 aromatic rings. The van der Waals surface area contributed by atoms with Crippen LogP contribution in [0.5, 0.6) is 0 Å². The van der Waals surface area contributed by atoms with Crippen LogP contribution in [0.1, 0.15) is 20.3 Å². The minimum atomic E-state index is -2.59. The molecule has 0 amide bonds. The zero-order valence-corrected chi connectivity index (χ0v) is 8.21. The predicted octanol–water partition coefficient (Wildman–Crippen LogP) is -1.51. The van der Waals surface area contributed by atoms with Crippen molar-refractivity contribution in [1.82, 2.24) is 0 Å². The summed E-state index contributed by atoms with van der Waals surface area (Å²) in [6, 6.07) is -1.40. The maximum Gasteiger partial charge on any atom is 0.308 e. The third-order valence-electron chi connectivity index (χ3n) is 2.00. The minimum absolute atomic E-state index is 0.280. The Labute approximate surface area is 82.0 Å². The molecule has 0 saturated heterocycles. The highest BCUT2D eigenvalue weighted by atomic mass is 16.5. The van der Waals surface area contributed by atoms with Crippen molar-refractivity contribution in [3.8, 4) is 0 Å². The molecule has 0 saturated carbocycles. The van der Waals surface area contributed by atoms with Gasteiger partial charge in [0, 0.05) is 0 Å². The van der Waals surface area contributed by atoms with E-state index in [-0.39, 0.29) is 5.92 Å². The smallest absolute Gasteiger partial charge is 0.308 e. The summed E-state index contributed by atoms with van der Waals surface area (Å²) in [4.78, 5) is 10.3. The van der Waals surface area contributed by atoms with Crippen LogP contribution in [0.3, 0.4) is 0 Å². The lowest BCUT2D eigenvalue weighted by atomic mass is 9.92. The molecule has 0 rings (SSSR count). The van der Waals surface area contributed by atoms with Crippen molar-refractivity contribution >= 4 is 5.97 Å². The highest BCUT2D eigenvalue weighted by Crippen LogP contribution is 2.17. The molecule has 84 valence electrons. The highest BCUT2D eigenvalue weighted by molar-refractivity contribution is 5.67. The first-order valence-electron chi connectivity index (χ1n) is 4.28. The highest BCUT2D eigenvalue weighted by Gasteiger charge is 2.39. The topological polar surface area (TPSA) is 124 Å². The molecule has 0 aliphatic rings. The molecule has 6 N–H and O–H groups in total. The van der Waals surface area contributed by atoms with E-state index in [4.69, 9.17) is 10.8 Å². The molecular formula is C8H17NO5. The number of carboxylic acid groups (broad SMARTS) is 1. The van der Waals surface area contributed by atoms with Crippen LogP contribution in [0.2, 0.25) is 0 Å². The van der Waals surface area contributed by atoms with Gasteiger partial charge in [-0.3, -0.25) is 4.79 Å². The van der Waals surface area contributed by atoms with E-state index in [1.807, 2.05) is 0 Å². The number of hydrogen-bond acceptors (Lipinski definition) is 5. The molecule has 0 fully saturated rings. The summed E-state index contributed by atoms with van der Waals surface area (Å²) in [6.07, 6.45) is -2.08. The van der Waals surface area contributed by atoms with E-state index >= 15 is 0 Å². The van der Waals surface area contributed by atoms with Crippen molar-refractivity contribution in [3.63, 3.8) is 0 Å². The predicted molar refractivity (Wildman–Crippen MR) is 48.2 cm³/mol. The summed E-state index contributed by atoms with van der Waals surface area (Å²) < 4.78 is 0. The average Bonchev–Trinajstić information content (AvgIpc) is 1.99. The van der Waals surface area contributed by atoms with Gasteiger partial charge in [0.05, 0.1) is 12.1 Å². The molecule has 2 atom stereocenters. The Morgan fingerprint density at radius 2 is 1.86 bits per heavy atom. The van der Waals surface area contributed by atoms with Gasteiger partial charge in [-0.05, 0) is 5.92 Å². The summed E-state index contributed by atoms with van der Waals surface area (Å²) in [7, 11) is 0. The number of rotatable bonds is 5. The van der Waals surface area contributed by atoms with Crippen LogP contribution in [-0.2, 0) is 4.79 Å². The standard InChI is InChI=1S/C8H17NO5/c1-4(2)6(12)7(9)8(13,14)3-5(10)11/h4,6-7,12-14H,3,9H2,1-2H3,(H,10,11)/t6?,7-/m0/s1.